The Morgan fingerprint density at radius 3 is 2.16 bits per heavy atom. The highest BCUT2D eigenvalue weighted by Crippen LogP contribution is 2.32. The summed E-state index contributed by atoms with van der Waals surface area (Å²) in [4.78, 5) is 30.9. The second-order valence-electron chi connectivity index (χ2n) is 6.70. The molecule has 8 heteroatoms. The van der Waals surface area contributed by atoms with Crippen molar-refractivity contribution in [3.05, 3.63) is 0 Å². The van der Waals surface area contributed by atoms with E-state index < -0.39 is 0 Å². The fourth-order valence-electron chi connectivity index (χ4n) is 3.87. The summed E-state index contributed by atoms with van der Waals surface area (Å²) in [6.45, 7) is 9.67. The molecule has 0 bridgehead atoms. The van der Waals surface area contributed by atoms with Crippen molar-refractivity contribution in [2.24, 2.45) is 17.6 Å². The van der Waals surface area contributed by atoms with Crippen LogP contribution in [0.3, 0.4) is 0 Å². The molecule has 2 aliphatic rings. The third-order valence-corrected chi connectivity index (χ3v) is 5.44. The first-order valence-electron chi connectivity index (χ1n) is 9.09. The lowest BCUT2D eigenvalue weighted by Crippen LogP contribution is -2.53. The number of piperazine rings is 1. The average Bonchev–Trinajstić information content (AvgIpc) is 3.04. The van der Waals surface area contributed by atoms with Gasteiger partial charge in [0, 0.05) is 45.2 Å². The van der Waals surface area contributed by atoms with E-state index in [4.69, 9.17) is 5.73 Å². The summed E-state index contributed by atoms with van der Waals surface area (Å²) in [7, 11) is 0. The molecule has 2 atom stereocenters. The number of hydrogen-bond donors (Lipinski definition) is 1. The minimum atomic E-state index is 0. The summed E-state index contributed by atoms with van der Waals surface area (Å²) in [6.07, 6.45) is 3.20. The lowest BCUT2D eigenvalue weighted by atomic mass is 9.94. The van der Waals surface area contributed by atoms with Crippen LogP contribution in [0.2, 0.25) is 0 Å². The first-order chi connectivity index (χ1) is 11.1. The van der Waals surface area contributed by atoms with Gasteiger partial charge in [-0.25, -0.2) is 0 Å². The molecule has 0 radical (unpaired) electrons. The number of amides is 2. The number of nitrogens with zero attached hydrogens (tertiary/aromatic N) is 3. The molecule has 0 aromatic heterocycles. The lowest BCUT2D eigenvalue weighted by molar-refractivity contribution is -0.139. The molecular formula is C17H34Cl2N4O2. The SMILES string of the molecule is CCN(CC)C(=O)CN1CCN(C(=O)[C@@H]2CCC[C@@H]2CN)CC1.Cl.Cl. The van der Waals surface area contributed by atoms with Crippen molar-refractivity contribution in [1.29, 1.82) is 0 Å². The van der Waals surface area contributed by atoms with Crippen LogP contribution in [-0.4, -0.2) is 78.9 Å². The highest BCUT2D eigenvalue weighted by molar-refractivity contribution is 5.85. The van der Waals surface area contributed by atoms with E-state index >= 15 is 0 Å². The molecule has 1 heterocycles. The summed E-state index contributed by atoms with van der Waals surface area (Å²) in [5, 5.41) is 0. The Morgan fingerprint density at radius 2 is 1.64 bits per heavy atom. The second kappa shape index (κ2) is 11.9. The quantitative estimate of drug-likeness (QED) is 0.732. The van der Waals surface area contributed by atoms with Crippen molar-refractivity contribution in [2.75, 3.05) is 52.4 Å². The third-order valence-electron chi connectivity index (χ3n) is 5.44. The Balaban J connectivity index is 0.00000288. The van der Waals surface area contributed by atoms with Gasteiger partial charge in [-0.1, -0.05) is 6.42 Å². The number of rotatable bonds is 6. The molecule has 0 unspecified atom stereocenters. The topological polar surface area (TPSA) is 69.9 Å². The smallest absolute Gasteiger partial charge is 0.236 e. The predicted octanol–water partition coefficient (Wildman–Crippen LogP) is 1.22. The van der Waals surface area contributed by atoms with Crippen LogP contribution in [0.5, 0.6) is 0 Å². The highest BCUT2D eigenvalue weighted by Gasteiger charge is 2.35. The number of halogens is 2. The van der Waals surface area contributed by atoms with Gasteiger partial charge < -0.3 is 15.5 Å². The van der Waals surface area contributed by atoms with Crippen LogP contribution in [0.25, 0.3) is 0 Å². The molecule has 2 N–H and O–H groups in total. The van der Waals surface area contributed by atoms with Gasteiger partial charge in [0.25, 0.3) is 0 Å². The minimum absolute atomic E-state index is 0. The van der Waals surface area contributed by atoms with Gasteiger partial charge in [-0.05, 0) is 39.2 Å². The van der Waals surface area contributed by atoms with E-state index in [1.807, 2.05) is 23.6 Å². The Morgan fingerprint density at radius 1 is 1.04 bits per heavy atom. The van der Waals surface area contributed by atoms with Gasteiger partial charge in [-0.15, -0.1) is 24.8 Å². The second-order valence-corrected chi connectivity index (χ2v) is 6.70. The van der Waals surface area contributed by atoms with E-state index in [0.29, 0.717) is 19.0 Å². The number of carbonyl (C=O) groups is 2. The third kappa shape index (κ3) is 6.27. The number of carbonyl (C=O) groups excluding carboxylic acids is 2. The standard InChI is InChI=1S/C17H32N4O2.2ClH/c1-3-20(4-2)16(22)13-19-8-10-21(11-9-19)17(23)15-7-5-6-14(15)12-18;;/h14-15H,3-13,18H2,1-2H3;2*1H/t14-,15-;;/m1../s1. The molecule has 25 heavy (non-hydrogen) atoms. The Kier molecular flexibility index (Phi) is 11.7. The van der Waals surface area contributed by atoms with E-state index in [1.54, 1.807) is 0 Å². The van der Waals surface area contributed by atoms with Gasteiger partial charge in [-0.2, -0.15) is 0 Å². The lowest BCUT2D eigenvalue weighted by Gasteiger charge is -2.37. The van der Waals surface area contributed by atoms with Crippen LogP contribution < -0.4 is 5.73 Å². The van der Waals surface area contributed by atoms with Crippen LogP contribution in [0, 0.1) is 11.8 Å². The van der Waals surface area contributed by atoms with Crippen molar-refractivity contribution >= 4 is 36.6 Å². The summed E-state index contributed by atoms with van der Waals surface area (Å²) in [6, 6.07) is 0. The zero-order chi connectivity index (χ0) is 16.8. The van der Waals surface area contributed by atoms with Crippen molar-refractivity contribution in [1.82, 2.24) is 14.7 Å². The van der Waals surface area contributed by atoms with Crippen LogP contribution in [0.15, 0.2) is 0 Å². The fourth-order valence-corrected chi connectivity index (χ4v) is 3.87. The van der Waals surface area contributed by atoms with E-state index in [-0.39, 0.29) is 42.5 Å². The van der Waals surface area contributed by atoms with Crippen LogP contribution in [-0.2, 0) is 9.59 Å². The molecule has 1 aliphatic carbocycles. The molecule has 1 aliphatic heterocycles. The molecule has 0 aromatic rings. The summed E-state index contributed by atoms with van der Waals surface area (Å²) < 4.78 is 0. The molecule has 2 fully saturated rings. The first-order valence-corrected chi connectivity index (χ1v) is 9.09. The Hall–Kier alpha value is -0.560. The fraction of sp³-hybridized carbons (Fsp3) is 0.882. The van der Waals surface area contributed by atoms with Gasteiger partial charge in [0.05, 0.1) is 6.54 Å². The molecule has 148 valence electrons. The number of likely N-dealkylation sites (N-methyl/N-ethyl adjacent to an activating group) is 1. The Labute approximate surface area is 164 Å². The molecule has 0 aromatic carbocycles. The van der Waals surface area contributed by atoms with Gasteiger partial charge in [0.2, 0.25) is 11.8 Å². The molecular weight excluding hydrogens is 363 g/mol. The molecule has 2 rings (SSSR count). The number of hydrogen-bond acceptors (Lipinski definition) is 4. The molecule has 1 saturated heterocycles. The predicted molar refractivity (Wildman–Crippen MR) is 105 cm³/mol. The zero-order valence-electron chi connectivity index (χ0n) is 15.5. The molecule has 1 saturated carbocycles. The molecule has 6 nitrogen and oxygen atoms in total. The monoisotopic (exact) mass is 396 g/mol. The number of nitrogens with two attached hydrogens (primary N) is 1. The maximum atomic E-state index is 12.7. The summed E-state index contributed by atoms with van der Waals surface area (Å²) >= 11 is 0. The normalized spacial score (nSPS) is 23.6. The zero-order valence-corrected chi connectivity index (χ0v) is 17.1. The maximum Gasteiger partial charge on any atom is 0.236 e. The maximum absolute atomic E-state index is 12.7. The van der Waals surface area contributed by atoms with Crippen LogP contribution in [0.1, 0.15) is 33.1 Å². The van der Waals surface area contributed by atoms with Crippen LogP contribution in [0.4, 0.5) is 0 Å². The first kappa shape index (κ1) is 24.4. The van der Waals surface area contributed by atoms with E-state index in [9.17, 15) is 9.59 Å². The Bertz CT molecular complexity index is 413. The molecule has 0 spiro atoms. The van der Waals surface area contributed by atoms with Crippen LogP contribution >= 0.6 is 24.8 Å². The van der Waals surface area contributed by atoms with Crippen molar-refractivity contribution < 1.29 is 9.59 Å². The molecule has 2 amide bonds. The average molecular weight is 397 g/mol. The van der Waals surface area contributed by atoms with Crippen molar-refractivity contribution in [2.45, 2.75) is 33.1 Å². The van der Waals surface area contributed by atoms with E-state index in [2.05, 4.69) is 4.90 Å². The van der Waals surface area contributed by atoms with Crippen molar-refractivity contribution in [3.63, 3.8) is 0 Å². The van der Waals surface area contributed by atoms with Crippen molar-refractivity contribution in [3.8, 4) is 0 Å². The largest absolute Gasteiger partial charge is 0.342 e. The highest BCUT2D eigenvalue weighted by atomic mass is 35.5. The minimum Gasteiger partial charge on any atom is -0.342 e. The van der Waals surface area contributed by atoms with Gasteiger partial charge in [0.15, 0.2) is 0 Å². The summed E-state index contributed by atoms with van der Waals surface area (Å²) in [5.41, 5.74) is 5.80. The van der Waals surface area contributed by atoms with Gasteiger partial charge >= 0.3 is 0 Å². The van der Waals surface area contributed by atoms with Gasteiger partial charge in [-0.3, -0.25) is 14.5 Å². The van der Waals surface area contributed by atoms with E-state index in [0.717, 1.165) is 58.5 Å². The summed E-state index contributed by atoms with van der Waals surface area (Å²) in [5.74, 6) is 0.968. The van der Waals surface area contributed by atoms with Gasteiger partial charge in [0.1, 0.15) is 0 Å². The van der Waals surface area contributed by atoms with E-state index in [1.165, 1.54) is 0 Å².